The summed E-state index contributed by atoms with van der Waals surface area (Å²) in [6.45, 7) is 2.11. The molecule has 4 heteroatoms. The van der Waals surface area contributed by atoms with E-state index in [1.807, 2.05) is 42.9 Å². The highest BCUT2D eigenvalue weighted by Crippen LogP contribution is 2.25. The van der Waals surface area contributed by atoms with E-state index in [-0.39, 0.29) is 6.04 Å². The van der Waals surface area contributed by atoms with Gasteiger partial charge in [-0.25, -0.2) is 0 Å². The van der Waals surface area contributed by atoms with Crippen molar-refractivity contribution in [3.8, 4) is 0 Å². The van der Waals surface area contributed by atoms with Crippen LogP contribution in [0.4, 0.5) is 5.69 Å². The lowest BCUT2D eigenvalue weighted by atomic mass is 10.1. The van der Waals surface area contributed by atoms with E-state index < -0.39 is 0 Å². The van der Waals surface area contributed by atoms with E-state index in [9.17, 15) is 0 Å². The number of anilines is 1. The molecular formula is C14H14N4. The highest BCUT2D eigenvalue weighted by atomic mass is 15.1. The summed E-state index contributed by atoms with van der Waals surface area (Å²) in [5.74, 6) is 0. The lowest BCUT2D eigenvalue weighted by Gasteiger charge is -2.15. The van der Waals surface area contributed by atoms with Crippen LogP contribution >= 0.6 is 0 Å². The van der Waals surface area contributed by atoms with Crippen LogP contribution in [0.25, 0.3) is 10.9 Å². The Hall–Kier alpha value is -2.36. The number of nitrogens with one attached hydrogen (secondary N) is 2. The van der Waals surface area contributed by atoms with Crippen LogP contribution < -0.4 is 5.32 Å². The molecule has 0 amide bonds. The summed E-state index contributed by atoms with van der Waals surface area (Å²) < 4.78 is 0. The van der Waals surface area contributed by atoms with Crippen molar-refractivity contribution in [2.75, 3.05) is 5.32 Å². The molecule has 0 fully saturated rings. The van der Waals surface area contributed by atoms with E-state index in [2.05, 4.69) is 33.5 Å². The highest BCUT2D eigenvalue weighted by Gasteiger charge is 2.08. The van der Waals surface area contributed by atoms with Crippen LogP contribution in [0.1, 0.15) is 18.5 Å². The van der Waals surface area contributed by atoms with Crippen molar-refractivity contribution in [2.24, 2.45) is 0 Å². The molecular weight excluding hydrogens is 224 g/mol. The molecule has 18 heavy (non-hydrogen) atoms. The fourth-order valence-electron chi connectivity index (χ4n) is 2.04. The average Bonchev–Trinajstić information content (AvgIpc) is 2.93. The van der Waals surface area contributed by atoms with E-state index in [1.54, 1.807) is 0 Å². The highest BCUT2D eigenvalue weighted by molar-refractivity contribution is 5.90. The first kappa shape index (κ1) is 10.8. The normalized spacial score (nSPS) is 12.5. The number of aromatic nitrogens is 3. The lowest BCUT2D eigenvalue weighted by Crippen LogP contribution is -2.06. The summed E-state index contributed by atoms with van der Waals surface area (Å²) in [6, 6.07) is 10.3. The number of fused-ring (bicyclic) bond motifs is 1. The minimum Gasteiger partial charge on any atom is -0.378 e. The summed E-state index contributed by atoms with van der Waals surface area (Å²) in [7, 11) is 0. The fraction of sp³-hybridized carbons (Fsp3) is 0.143. The molecule has 2 aromatic heterocycles. The maximum atomic E-state index is 4.35. The maximum absolute atomic E-state index is 4.35. The third kappa shape index (κ3) is 1.93. The van der Waals surface area contributed by atoms with Crippen molar-refractivity contribution in [1.29, 1.82) is 0 Å². The molecule has 1 atom stereocenters. The third-order valence-electron chi connectivity index (χ3n) is 3.04. The van der Waals surface area contributed by atoms with Gasteiger partial charge in [-0.3, -0.25) is 10.1 Å². The second-order valence-electron chi connectivity index (χ2n) is 4.27. The number of nitrogens with zero attached hydrogens (tertiary/aromatic N) is 2. The van der Waals surface area contributed by atoms with Crippen LogP contribution in [0, 0.1) is 0 Å². The summed E-state index contributed by atoms with van der Waals surface area (Å²) in [5, 5.41) is 11.4. The summed E-state index contributed by atoms with van der Waals surface area (Å²) in [4.78, 5) is 4.35. The number of benzene rings is 1. The lowest BCUT2D eigenvalue weighted by molar-refractivity contribution is 0.887. The summed E-state index contributed by atoms with van der Waals surface area (Å²) >= 11 is 0. The summed E-state index contributed by atoms with van der Waals surface area (Å²) in [5.41, 5.74) is 3.23. The van der Waals surface area contributed by atoms with Crippen molar-refractivity contribution in [1.82, 2.24) is 15.2 Å². The molecule has 0 saturated carbocycles. The maximum Gasteiger partial charge on any atom is 0.0722 e. The van der Waals surface area contributed by atoms with Gasteiger partial charge in [0.15, 0.2) is 0 Å². The van der Waals surface area contributed by atoms with Gasteiger partial charge in [0.2, 0.25) is 0 Å². The van der Waals surface area contributed by atoms with Gasteiger partial charge in [0, 0.05) is 29.0 Å². The minimum absolute atomic E-state index is 0.203. The Morgan fingerprint density at radius 2 is 2.11 bits per heavy atom. The van der Waals surface area contributed by atoms with Crippen molar-refractivity contribution in [3.63, 3.8) is 0 Å². The topological polar surface area (TPSA) is 53.6 Å². The number of hydrogen-bond acceptors (Lipinski definition) is 3. The van der Waals surface area contributed by atoms with Gasteiger partial charge in [0.05, 0.1) is 17.8 Å². The molecule has 2 heterocycles. The van der Waals surface area contributed by atoms with Crippen molar-refractivity contribution in [2.45, 2.75) is 13.0 Å². The molecule has 0 radical (unpaired) electrons. The van der Waals surface area contributed by atoms with Crippen LogP contribution in [-0.4, -0.2) is 15.2 Å². The van der Waals surface area contributed by atoms with Crippen molar-refractivity contribution < 1.29 is 0 Å². The van der Waals surface area contributed by atoms with Crippen LogP contribution in [0.2, 0.25) is 0 Å². The molecule has 90 valence electrons. The largest absolute Gasteiger partial charge is 0.378 e. The zero-order chi connectivity index (χ0) is 12.4. The van der Waals surface area contributed by atoms with Crippen molar-refractivity contribution in [3.05, 3.63) is 54.5 Å². The number of aromatic amines is 1. The van der Waals surface area contributed by atoms with Crippen LogP contribution in [0.5, 0.6) is 0 Å². The molecule has 0 aliphatic carbocycles. The molecule has 0 aliphatic rings. The second-order valence-corrected chi connectivity index (χ2v) is 4.27. The molecule has 3 rings (SSSR count). The second kappa shape index (κ2) is 4.49. The van der Waals surface area contributed by atoms with Gasteiger partial charge >= 0.3 is 0 Å². The Labute approximate surface area is 105 Å². The van der Waals surface area contributed by atoms with E-state index in [1.165, 1.54) is 0 Å². The van der Waals surface area contributed by atoms with Gasteiger partial charge in [-0.1, -0.05) is 18.2 Å². The van der Waals surface area contributed by atoms with E-state index >= 15 is 0 Å². The number of rotatable bonds is 3. The van der Waals surface area contributed by atoms with Gasteiger partial charge in [0.25, 0.3) is 0 Å². The van der Waals surface area contributed by atoms with E-state index in [0.717, 1.165) is 22.2 Å². The quantitative estimate of drug-likeness (QED) is 0.737. The molecule has 0 aliphatic heterocycles. The van der Waals surface area contributed by atoms with Crippen LogP contribution in [-0.2, 0) is 0 Å². The smallest absolute Gasteiger partial charge is 0.0722 e. The molecule has 0 spiro atoms. The Bertz CT molecular complexity index is 640. The molecule has 1 aromatic carbocycles. The Balaban J connectivity index is 1.95. The molecule has 1 unspecified atom stereocenters. The predicted octanol–water partition coefficient (Wildman–Crippen LogP) is 3.13. The van der Waals surface area contributed by atoms with E-state index in [4.69, 9.17) is 0 Å². The van der Waals surface area contributed by atoms with Crippen LogP contribution in [0.15, 0.2) is 48.9 Å². The number of hydrogen-bond donors (Lipinski definition) is 2. The molecule has 2 N–H and O–H groups in total. The fourth-order valence-corrected chi connectivity index (χ4v) is 2.04. The summed E-state index contributed by atoms with van der Waals surface area (Å²) in [6.07, 6.45) is 5.56. The standard InChI is InChI=1S/C14H14N4/c1-10(11-8-16-17-9-11)18-14-6-7-15-13-5-3-2-4-12(13)14/h2-10H,1H3,(H,15,18)(H,16,17). The first-order valence-corrected chi connectivity index (χ1v) is 5.93. The molecule has 4 nitrogen and oxygen atoms in total. The SMILES string of the molecule is CC(Nc1ccnc2ccccc12)c1cn[nH]c1. The van der Waals surface area contributed by atoms with Gasteiger partial charge < -0.3 is 5.32 Å². The van der Waals surface area contributed by atoms with Crippen LogP contribution in [0.3, 0.4) is 0 Å². The monoisotopic (exact) mass is 238 g/mol. The number of H-pyrrole nitrogens is 1. The Morgan fingerprint density at radius 3 is 2.94 bits per heavy atom. The molecule has 0 saturated heterocycles. The zero-order valence-corrected chi connectivity index (χ0v) is 10.1. The zero-order valence-electron chi connectivity index (χ0n) is 10.1. The van der Waals surface area contributed by atoms with E-state index in [0.29, 0.717) is 0 Å². The van der Waals surface area contributed by atoms with Gasteiger partial charge in [-0.2, -0.15) is 5.10 Å². The Kier molecular flexibility index (Phi) is 2.68. The first-order valence-electron chi connectivity index (χ1n) is 5.93. The van der Waals surface area contributed by atoms with Gasteiger partial charge in [0.1, 0.15) is 0 Å². The average molecular weight is 238 g/mol. The minimum atomic E-state index is 0.203. The Morgan fingerprint density at radius 1 is 1.22 bits per heavy atom. The molecule has 0 bridgehead atoms. The number of para-hydroxylation sites is 1. The third-order valence-corrected chi connectivity index (χ3v) is 3.04. The van der Waals surface area contributed by atoms with Crippen molar-refractivity contribution >= 4 is 16.6 Å². The molecule has 3 aromatic rings. The van der Waals surface area contributed by atoms with Gasteiger partial charge in [-0.05, 0) is 19.1 Å². The number of pyridine rings is 1. The van der Waals surface area contributed by atoms with Gasteiger partial charge in [-0.15, -0.1) is 0 Å². The first-order chi connectivity index (χ1) is 8.84. The predicted molar refractivity (Wildman–Crippen MR) is 72.4 cm³/mol.